The summed E-state index contributed by atoms with van der Waals surface area (Å²) in [5.41, 5.74) is 7.75. The molecule has 0 aliphatic rings. The summed E-state index contributed by atoms with van der Waals surface area (Å²) in [6.45, 7) is 2.16. The van der Waals surface area contributed by atoms with Crippen molar-refractivity contribution in [2.45, 2.75) is 13.0 Å². The summed E-state index contributed by atoms with van der Waals surface area (Å²) in [5.74, 6) is -0.969. The first-order chi connectivity index (χ1) is 14.8. The lowest BCUT2D eigenvalue weighted by Gasteiger charge is -2.30. The SMILES string of the molecule is COC[C@H](C)N(C(=O)c1ccc(C(N)=O)cc1Cl)c1ccc(Cl)c(-c2ccccn2)c1. The number of carbonyl (C=O) groups is 2. The summed E-state index contributed by atoms with van der Waals surface area (Å²) in [6.07, 6.45) is 1.68. The number of aromatic nitrogens is 1. The molecule has 1 heterocycles. The standard InChI is InChI=1S/C23H21Cl2N3O3/c1-14(13-31-2)28(23(30)17-8-6-15(22(26)29)11-20(17)25)16-7-9-19(24)18(12-16)21-5-3-4-10-27-21/h3-12,14H,13H2,1-2H3,(H2,26,29)/t14-/m0/s1. The van der Waals surface area contributed by atoms with Crippen LogP contribution in [0.4, 0.5) is 5.69 Å². The van der Waals surface area contributed by atoms with Crippen LogP contribution < -0.4 is 10.6 Å². The summed E-state index contributed by atoms with van der Waals surface area (Å²) in [4.78, 5) is 30.9. The minimum atomic E-state index is -0.622. The number of nitrogens with zero attached hydrogens (tertiary/aromatic N) is 2. The fourth-order valence-electron chi connectivity index (χ4n) is 3.24. The molecule has 0 spiro atoms. The van der Waals surface area contributed by atoms with Gasteiger partial charge in [-0.2, -0.15) is 0 Å². The maximum absolute atomic E-state index is 13.5. The molecule has 0 radical (unpaired) electrons. The average molecular weight is 458 g/mol. The first-order valence-electron chi connectivity index (χ1n) is 9.46. The van der Waals surface area contributed by atoms with E-state index in [1.54, 1.807) is 36.4 Å². The average Bonchev–Trinajstić information content (AvgIpc) is 2.75. The predicted octanol–water partition coefficient (Wildman–Crippen LogP) is 4.84. The lowest BCUT2D eigenvalue weighted by molar-refractivity contribution is 0.0953. The normalized spacial score (nSPS) is 11.7. The molecule has 0 aliphatic carbocycles. The van der Waals surface area contributed by atoms with Crippen LogP contribution in [0.15, 0.2) is 60.8 Å². The van der Waals surface area contributed by atoms with Gasteiger partial charge in [0.05, 0.1) is 34.0 Å². The van der Waals surface area contributed by atoms with Crippen molar-refractivity contribution in [3.05, 3.63) is 82.0 Å². The highest BCUT2D eigenvalue weighted by Crippen LogP contribution is 2.33. The number of anilines is 1. The zero-order valence-corrected chi connectivity index (χ0v) is 18.5. The third-order valence-corrected chi connectivity index (χ3v) is 5.36. The number of carbonyl (C=O) groups excluding carboxylic acids is 2. The number of halogens is 2. The molecule has 0 fully saturated rings. The molecule has 6 nitrogen and oxygen atoms in total. The van der Waals surface area contributed by atoms with E-state index >= 15 is 0 Å². The molecule has 2 N–H and O–H groups in total. The molecule has 1 aromatic heterocycles. The monoisotopic (exact) mass is 457 g/mol. The van der Waals surface area contributed by atoms with E-state index in [-0.39, 0.29) is 28.1 Å². The minimum Gasteiger partial charge on any atom is -0.383 e. The second kappa shape index (κ2) is 9.92. The summed E-state index contributed by atoms with van der Waals surface area (Å²) in [7, 11) is 1.56. The molecular formula is C23H21Cl2N3O3. The second-order valence-electron chi connectivity index (χ2n) is 6.92. The molecule has 0 bridgehead atoms. The van der Waals surface area contributed by atoms with E-state index in [0.717, 1.165) is 0 Å². The summed E-state index contributed by atoms with van der Waals surface area (Å²) in [5, 5.41) is 0.646. The van der Waals surface area contributed by atoms with Gasteiger partial charge in [-0.3, -0.25) is 14.6 Å². The number of rotatable bonds is 7. The maximum Gasteiger partial charge on any atom is 0.260 e. The van der Waals surface area contributed by atoms with Crippen molar-refractivity contribution in [3.63, 3.8) is 0 Å². The predicted molar refractivity (Wildman–Crippen MR) is 123 cm³/mol. The van der Waals surface area contributed by atoms with Crippen molar-refractivity contribution in [2.75, 3.05) is 18.6 Å². The van der Waals surface area contributed by atoms with Crippen LogP contribution in [0.5, 0.6) is 0 Å². The zero-order valence-electron chi connectivity index (χ0n) is 17.0. The fourth-order valence-corrected chi connectivity index (χ4v) is 3.72. The fraction of sp³-hybridized carbons (Fsp3) is 0.174. The lowest BCUT2D eigenvalue weighted by Crippen LogP contribution is -2.41. The van der Waals surface area contributed by atoms with Gasteiger partial charge < -0.3 is 15.4 Å². The van der Waals surface area contributed by atoms with E-state index in [0.29, 0.717) is 28.6 Å². The maximum atomic E-state index is 13.5. The van der Waals surface area contributed by atoms with Gasteiger partial charge in [0.15, 0.2) is 0 Å². The number of primary amides is 1. The van der Waals surface area contributed by atoms with E-state index in [9.17, 15) is 9.59 Å². The van der Waals surface area contributed by atoms with Crippen LogP contribution in [-0.2, 0) is 4.74 Å². The van der Waals surface area contributed by atoms with Crippen molar-refractivity contribution in [1.82, 2.24) is 4.98 Å². The molecular weight excluding hydrogens is 437 g/mol. The van der Waals surface area contributed by atoms with Gasteiger partial charge in [0.2, 0.25) is 5.91 Å². The Morgan fingerprint density at radius 3 is 2.48 bits per heavy atom. The first kappa shape index (κ1) is 22.7. The van der Waals surface area contributed by atoms with Crippen molar-refractivity contribution >= 4 is 40.7 Å². The van der Waals surface area contributed by atoms with Crippen molar-refractivity contribution in [3.8, 4) is 11.3 Å². The van der Waals surface area contributed by atoms with Gasteiger partial charge in [-0.25, -0.2) is 0 Å². The third kappa shape index (κ3) is 5.05. The van der Waals surface area contributed by atoms with Crippen LogP contribution >= 0.6 is 23.2 Å². The molecule has 0 saturated heterocycles. The van der Waals surface area contributed by atoms with Crippen molar-refractivity contribution in [2.24, 2.45) is 5.73 Å². The van der Waals surface area contributed by atoms with Crippen LogP contribution in [0.3, 0.4) is 0 Å². The summed E-state index contributed by atoms with van der Waals surface area (Å²) >= 11 is 12.7. The van der Waals surface area contributed by atoms with Gasteiger partial charge in [-0.1, -0.05) is 29.3 Å². The van der Waals surface area contributed by atoms with Crippen LogP contribution in [0, 0.1) is 0 Å². The van der Waals surface area contributed by atoms with Crippen LogP contribution in [0.1, 0.15) is 27.6 Å². The number of hydrogen-bond acceptors (Lipinski definition) is 4. The van der Waals surface area contributed by atoms with E-state index < -0.39 is 5.91 Å². The Balaban J connectivity index is 2.08. The molecule has 160 valence electrons. The Bertz CT molecular complexity index is 1110. The van der Waals surface area contributed by atoms with E-state index in [2.05, 4.69) is 4.98 Å². The summed E-state index contributed by atoms with van der Waals surface area (Å²) in [6, 6.07) is 14.8. The number of nitrogens with two attached hydrogens (primary N) is 1. The van der Waals surface area contributed by atoms with Crippen LogP contribution in [0.2, 0.25) is 10.0 Å². The van der Waals surface area contributed by atoms with Crippen LogP contribution in [-0.4, -0.2) is 36.6 Å². The molecule has 0 unspecified atom stereocenters. The van der Waals surface area contributed by atoms with Gasteiger partial charge in [0.25, 0.3) is 5.91 Å². The molecule has 1 atom stereocenters. The highest BCUT2D eigenvalue weighted by Gasteiger charge is 2.26. The van der Waals surface area contributed by atoms with Gasteiger partial charge >= 0.3 is 0 Å². The first-order valence-corrected chi connectivity index (χ1v) is 10.2. The van der Waals surface area contributed by atoms with E-state index in [1.807, 2.05) is 25.1 Å². The van der Waals surface area contributed by atoms with Gasteiger partial charge in [0.1, 0.15) is 0 Å². The lowest BCUT2D eigenvalue weighted by atomic mass is 10.1. The second-order valence-corrected chi connectivity index (χ2v) is 7.73. The van der Waals surface area contributed by atoms with Gasteiger partial charge in [0, 0.05) is 30.1 Å². The molecule has 0 aliphatic heterocycles. The Kier molecular flexibility index (Phi) is 7.28. The highest BCUT2D eigenvalue weighted by atomic mass is 35.5. The molecule has 3 aromatic rings. The summed E-state index contributed by atoms with van der Waals surface area (Å²) < 4.78 is 5.29. The Labute approximate surface area is 190 Å². The number of hydrogen-bond donors (Lipinski definition) is 1. The topological polar surface area (TPSA) is 85.5 Å². The third-order valence-electron chi connectivity index (χ3n) is 4.72. The van der Waals surface area contributed by atoms with Crippen molar-refractivity contribution in [1.29, 1.82) is 0 Å². The van der Waals surface area contributed by atoms with E-state index in [4.69, 9.17) is 33.7 Å². The number of methoxy groups -OCH3 is 1. The number of ether oxygens (including phenoxy) is 1. The molecule has 3 rings (SSSR count). The number of benzene rings is 2. The van der Waals surface area contributed by atoms with Gasteiger partial charge in [-0.15, -0.1) is 0 Å². The Hall–Kier alpha value is -2.93. The Morgan fingerprint density at radius 1 is 1.10 bits per heavy atom. The molecule has 2 amide bonds. The van der Waals surface area contributed by atoms with Crippen LogP contribution in [0.25, 0.3) is 11.3 Å². The smallest absolute Gasteiger partial charge is 0.260 e. The van der Waals surface area contributed by atoms with Crippen molar-refractivity contribution < 1.29 is 14.3 Å². The molecule has 0 saturated carbocycles. The number of pyridine rings is 1. The van der Waals surface area contributed by atoms with Gasteiger partial charge in [-0.05, 0) is 55.5 Å². The quantitative estimate of drug-likeness (QED) is 0.549. The molecule has 2 aromatic carbocycles. The Morgan fingerprint density at radius 2 is 1.87 bits per heavy atom. The highest BCUT2D eigenvalue weighted by molar-refractivity contribution is 6.35. The largest absolute Gasteiger partial charge is 0.383 e. The molecule has 31 heavy (non-hydrogen) atoms. The zero-order chi connectivity index (χ0) is 22.5. The van der Waals surface area contributed by atoms with E-state index in [1.165, 1.54) is 18.2 Å². The number of amides is 2. The minimum absolute atomic E-state index is 0.134. The molecule has 8 heteroatoms.